The molecule has 1 heterocycles. The van der Waals surface area contributed by atoms with Crippen LogP contribution < -0.4 is 5.32 Å². The fourth-order valence-corrected chi connectivity index (χ4v) is 1.83. The summed E-state index contributed by atoms with van der Waals surface area (Å²) in [4.78, 5) is 0. The molecular weight excluding hydrogens is 253 g/mol. The first-order chi connectivity index (χ1) is 8.60. The fourth-order valence-electron chi connectivity index (χ4n) is 1.65. The van der Waals surface area contributed by atoms with Gasteiger partial charge in [0.2, 0.25) is 0 Å². The molecule has 0 spiro atoms. The van der Waals surface area contributed by atoms with Gasteiger partial charge in [0, 0.05) is 25.5 Å². The highest BCUT2D eigenvalue weighted by Crippen LogP contribution is 2.20. The quantitative estimate of drug-likeness (QED) is 0.923. The van der Waals surface area contributed by atoms with Gasteiger partial charge in [0.1, 0.15) is 17.6 Å². The van der Waals surface area contributed by atoms with Crippen molar-refractivity contribution in [2.45, 2.75) is 6.54 Å². The topological polar surface area (TPSA) is 40.8 Å². The van der Waals surface area contributed by atoms with Crippen LogP contribution in [0.15, 0.2) is 30.5 Å². The normalized spacial score (nSPS) is 10.1. The molecular formula is C13H11ClFN3. The van der Waals surface area contributed by atoms with Gasteiger partial charge in [-0.25, -0.2) is 4.39 Å². The summed E-state index contributed by atoms with van der Waals surface area (Å²) in [5, 5.41) is 12.0. The van der Waals surface area contributed by atoms with Crippen molar-refractivity contribution >= 4 is 17.3 Å². The number of nitrogens with zero attached hydrogens (tertiary/aromatic N) is 2. The van der Waals surface area contributed by atoms with Gasteiger partial charge in [0.25, 0.3) is 0 Å². The van der Waals surface area contributed by atoms with Crippen LogP contribution in [0.1, 0.15) is 11.3 Å². The molecule has 0 radical (unpaired) electrons. The summed E-state index contributed by atoms with van der Waals surface area (Å²) in [5.74, 6) is -0.436. The van der Waals surface area contributed by atoms with Crippen LogP contribution in [0.4, 0.5) is 10.1 Å². The molecule has 0 aliphatic carbocycles. The molecule has 0 aliphatic rings. The van der Waals surface area contributed by atoms with Crippen LogP contribution in [0.2, 0.25) is 5.02 Å². The Balaban J connectivity index is 2.07. The van der Waals surface area contributed by atoms with Crippen molar-refractivity contribution in [2.75, 3.05) is 5.32 Å². The second-order valence-corrected chi connectivity index (χ2v) is 4.35. The third-order valence-corrected chi connectivity index (χ3v) is 2.88. The zero-order chi connectivity index (χ0) is 13.1. The molecule has 1 aromatic carbocycles. The molecule has 1 aromatic heterocycles. The number of nitriles is 1. The van der Waals surface area contributed by atoms with E-state index in [1.165, 1.54) is 12.1 Å². The van der Waals surface area contributed by atoms with Gasteiger partial charge in [-0.3, -0.25) is 0 Å². The summed E-state index contributed by atoms with van der Waals surface area (Å²) in [6.45, 7) is 0.553. The zero-order valence-corrected chi connectivity index (χ0v) is 10.5. The van der Waals surface area contributed by atoms with Crippen LogP contribution in [-0.2, 0) is 13.6 Å². The molecule has 0 bridgehead atoms. The van der Waals surface area contributed by atoms with Crippen molar-refractivity contribution in [1.29, 1.82) is 5.26 Å². The number of rotatable bonds is 3. The smallest absolute Gasteiger partial charge is 0.141 e. The summed E-state index contributed by atoms with van der Waals surface area (Å²) in [5.41, 5.74) is 2.32. The Hall–Kier alpha value is -1.99. The highest BCUT2D eigenvalue weighted by molar-refractivity contribution is 6.31. The molecule has 0 saturated heterocycles. The molecule has 0 amide bonds. The third kappa shape index (κ3) is 2.63. The number of benzene rings is 1. The third-order valence-electron chi connectivity index (χ3n) is 2.59. The highest BCUT2D eigenvalue weighted by Gasteiger charge is 2.03. The minimum atomic E-state index is -0.436. The SMILES string of the molecule is Cn1cc(CNc2ccc(F)c(Cl)c2)cc1C#N. The molecule has 0 aliphatic heterocycles. The Morgan fingerprint density at radius 1 is 1.44 bits per heavy atom. The Morgan fingerprint density at radius 3 is 2.83 bits per heavy atom. The molecule has 3 nitrogen and oxygen atoms in total. The van der Waals surface area contributed by atoms with Crippen molar-refractivity contribution < 1.29 is 4.39 Å². The number of nitrogens with one attached hydrogen (secondary N) is 1. The summed E-state index contributed by atoms with van der Waals surface area (Å²) in [6, 6.07) is 8.37. The molecule has 0 fully saturated rings. The van der Waals surface area contributed by atoms with E-state index in [0.29, 0.717) is 12.2 Å². The highest BCUT2D eigenvalue weighted by atomic mass is 35.5. The number of anilines is 1. The Morgan fingerprint density at radius 2 is 2.22 bits per heavy atom. The molecule has 0 atom stereocenters. The van der Waals surface area contributed by atoms with E-state index in [1.54, 1.807) is 16.7 Å². The number of hydrogen-bond acceptors (Lipinski definition) is 2. The monoisotopic (exact) mass is 263 g/mol. The summed E-state index contributed by atoms with van der Waals surface area (Å²) >= 11 is 5.69. The molecule has 0 saturated carbocycles. The maximum absolute atomic E-state index is 13.0. The second kappa shape index (κ2) is 5.11. The van der Waals surface area contributed by atoms with Gasteiger partial charge in [0.05, 0.1) is 5.02 Å². The van der Waals surface area contributed by atoms with Gasteiger partial charge in [0.15, 0.2) is 0 Å². The van der Waals surface area contributed by atoms with Crippen molar-refractivity contribution in [3.05, 3.63) is 52.6 Å². The van der Waals surface area contributed by atoms with Gasteiger partial charge in [-0.1, -0.05) is 11.6 Å². The first-order valence-electron chi connectivity index (χ1n) is 5.34. The van der Waals surface area contributed by atoms with Gasteiger partial charge in [-0.2, -0.15) is 5.26 Å². The molecule has 1 N–H and O–H groups in total. The lowest BCUT2D eigenvalue weighted by atomic mass is 10.2. The first-order valence-corrected chi connectivity index (χ1v) is 5.72. The van der Waals surface area contributed by atoms with Crippen molar-refractivity contribution in [3.8, 4) is 6.07 Å². The van der Waals surface area contributed by atoms with Crippen LogP contribution in [0, 0.1) is 17.1 Å². The lowest BCUT2D eigenvalue weighted by Crippen LogP contribution is -1.98. The van der Waals surface area contributed by atoms with E-state index < -0.39 is 5.82 Å². The van der Waals surface area contributed by atoms with Gasteiger partial charge < -0.3 is 9.88 Å². The van der Waals surface area contributed by atoms with E-state index >= 15 is 0 Å². The minimum Gasteiger partial charge on any atom is -0.381 e. The van der Waals surface area contributed by atoms with E-state index in [0.717, 1.165) is 11.3 Å². The second-order valence-electron chi connectivity index (χ2n) is 3.94. The van der Waals surface area contributed by atoms with Crippen molar-refractivity contribution in [2.24, 2.45) is 7.05 Å². The fraction of sp³-hybridized carbons (Fsp3) is 0.154. The lowest BCUT2D eigenvalue weighted by Gasteiger charge is -2.05. The Labute approximate surface area is 109 Å². The Bertz CT molecular complexity index is 613. The van der Waals surface area contributed by atoms with E-state index in [4.69, 9.17) is 16.9 Å². The summed E-state index contributed by atoms with van der Waals surface area (Å²) in [7, 11) is 1.82. The summed E-state index contributed by atoms with van der Waals surface area (Å²) in [6.07, 6.45) is 1.87. The first kappa shape index (κ1) is 12.5. The van der Waals surface area contributed by atoms with E-state index in [9.17, 15) is 4.39 Å². The maximum atomic E-state index is 13.0. The van der Waals surface area contributed by atoms with Crippen LogP contribution in [0.3, 0.4) is 0 Å². The maximum Gasteiger partial charge on any atom is 0.141 e. The van der Waals surface area contributed by atoms with Crippen LogP contribution >= 0.6 is 11.6 Å². The molecule has 0 unspecified atom stereocenters. The average Bonchev–Trinajstić information content (AvgIpc) is 2.71. The standard InChI is InChI=1S/C13H11ClFN3/c1-18-8-9(4-11(18)6-16)7-17-10-2-3-13(15)12(14)5-10/h2-5,8,17H,7H2,1H3. The van der Waals surface area contributed by atoms with Gasteiger partial charge in [-0.05, 0) is 29.8 Å². The van der Waals surface area contributed by atoms with E-state index in [1.807, 2.05) is 13.2 Å². The molecule has 2 aromatic rings. The largest absolute Gasteiger partial charge is 0.381 e. The van der Waals surface area contributed by atoms with E-state index in [2.05, 4.69) is 11.4 Å². The predicted octanol–water partition coefficient (Wildman–Crippen LogP) is 3.30. The zero-order valence-electron chi connectivity index (χ0n) is 9.74. The van der Waals surface area contributed by atoms with Crippen molar-refractivity contribution in [3.63, 3.8) is 0 Å². The van der Waals surface area contributed by atoms with Crippen LogP contribution in [-0.4, -0.2) is 4.57 Å². The molecule has 92 valence electrons. The molecule has 5 heteroatoms. The van der Waals surface area contributed by atoms with Crippen LogP contribution in [0.5, 0.6) is 0 Å². The Kier molecular flexibility index (Phi) is 3.54. The minimum absolute atomic E-state index is 0.0887. The lowest BCUT2D eigenvalue weighted by molar-refractivity contribution is 0.628. The number of aromatic nitrogens is 1. The van der Waals surface area contributed by atoms with Gasteiger partial charge in [-0.15, -0.1) is 0 Å². The summed E-state index contributed by atoms with van der Waals surface area (Å²) < 4.78 is 14.7. The molecule has 2 rings (SSSR count). The van der Waals surface area contributed by atoms with Crippen molar-refractivity contribution in [1.82, 2.24) is 4.57 Å². The number of aryl methyl sites for hydroxylation is 1. The number of halogens is 2. The van der Waals surface area contributed by atoms with Gasteiger partial charge >= 0.3 is 0 Å². The molecule has 18 heavy (non-hydrogen) atoms. The average molecular weight is 264 g/mol. The number of hydrogen-bond donors (Lipinski definition) is 1. The van der Waals surface area contributed by atoms with E-state index in [-0.39, 0.29) is 5.02 Å². The predicted molar refractivity (Wildman–Crippen MR) is 68.9 cm³/mol. The van der Waals surface area contributed by atoms with Crippen LogP contribution in [0.25, 0.3) is 0 Å².